The van der Waals surface area contributed by atoms with E-state index in [4.69, 9.17) is 5.73 Å². The van der Waals surface area contributed by atoms with Gasteiger partial charge in [0.2, 0.25) is 5.43 Å². The number of pyridine rings is 1. The zero-order valence-electron chi connectivity index (χ0n) is 15.7. The molecule has 0 bridgehead atoms. The van der Waals surface area contributed by atoms with Crippen LogP contribution in [0.5, 0.6) is 0 Å². The average Bonchev–Trinajstić information content (AvgIpc) is 3.41. The number of hydrogen-bond donors (Lipinski definition) is 2. The Kier molecular flexibility index (Phi) is 3.96. The van der Waals surface area contributed by atoms with E-state index in [-0.39, 0.29) is 17.6 Å². The molecule has 0 amide bonds. The number of thiophene rings is 1. The molecule has 3 aromatic rings. The first-order valence-corrected chi connectivity index (χ1v) is 10.6. The minimum absolute atomic E-state index is 0.117. The summed E-state index contributed by atoms with van der Waals surface area (Å²) in [6.07, 6.45) is 6.80. The zero-order chi connectivity index (χ0) is 19.6. The SMILES string of the molecule is Cc1c(-c2cc3c(s2)C(N)CCC3)ccc2c(=O)c(C(=O)O)cn(C3CC3)c12. The highest BCUT2D eigenvalue weighted by molar-refractivity contribution is 7.15. The first-order chi connectivity index (χ1) is 13.5. The predicted octanol–water partition coefficient (Wildman–Crippen LogP) is 4.41. The molecule has 0 aliphatic heterocycles. The number of aromatic nitrogens is 1. The fourth-order valence-corrected chi connectivity index (χ4v) is 5.74. The van der Waals surface area contributed by atoms with Gasteiger partial charge in [0.15, 0.2) is 0 Å². The summed E-state index contributed by atoms with van der Waals surface area (Å²) in [6.45, 7) is 2.04. The van der Waals surface area contributed by atoms with Crippen LogP contribution >= 0.6 is 11.3 Å². The van der Waals surface area contributed by atoms with Gasteiger partial charge in [-0.05, 0) is 67.9 Å². The van der Waals surface area contributed by atoms with E-state index in [0.717, 1.165) is 48.7 Å². The van der Waals surface area contributed by atoms with Crippen LogP contribution in [0.25, 0.3) is 21.3 Å². The summed E-state index contributed by atoms with van der Waals surface area (Å²) in [4.78, 5) is 26.8. The van der Waals surface area contributed by atoms with Crippen molar-refractivity contribution < 1.29 is 9.90 Å². The number of hydrogen-bond acceptors (Lipinski definition) is 4. The van der Waals surface area contributed by atoms with Gasteiger partial charge in [-0.2, -0.15) is 0 Å². The van der Waals surface area contributed by atoms with Crippen LogP contribution in [0, 0.1) is 6.92 Å². The number of fused-ring (bicyclic) bond motifs is 2. The zero-order valence-corrected chi connectivity index (χ0v) is 16.5. The predicted molar refractivity (Wildman–Crippen MR) is 111 cm³/mol. The molecule has 2 aliphatic carbocycles. The first-order valence-electron chi connectivity index (χ1n) is 9.76. The molecular weight excluding hydrogens is 372 g/mol. The Morgan fingerprint density at radius 3 is 2.75 bits per heavy atom. The maximum absolute atomic E-state index is 12.8. The second-order valence-electron chi connectivity index (χ2n) is 7.95. The lowest BCUT2D eigenvalue weighted by Gasteiger charge is -2.17. The maximum Gasteiger partial charge on any atom is 0.341 e. The van der Waals surface area contributed by atoms with E-state index >= 15 is 0 Å². The van der Waals surface area contributed by atoms with Crippen LogP contribution < -0.4 is 11.2 Å². The summed E-state index contributed by atoms with van der Waals surface area (Å²) in [5, 5.41) is 9.94. The molecule has 2 aliphatic rings. The number of carbonyl (C=O) groups is 1. The molecule has 1 aromatic carbocycles. The molecular formula is C22H22N2O3S. The third-order valence-electron chi connectivity index (χ3n) is 6.02. The van der Waals surface area contributed by atoms with Gasteiger partial charge >= 0.3 is 5.97 Å². The average molecular weight is 394 g/mol. The van der Waals surface area contributed by atoms with Crippen LogP contribution in [0.15, 0.2) is 29.2 Å². The molecule has 2 heterocycles. The van der Waals surface area contributed by atoms with Gasteiger partial charge < -0.3 is 15.4 Å². The third-order valence-corrected chi connectivity index (χ3v) is 7.37. The van der Waals surface area contributed by atoms with E-state index < -0.39 is 11.4 Å². The van der Waals surface area contributed by atoms with Crippen LogP contribution in [0.1, 0.15) is 64.1 Å². The Morgan fingerprint density at radius 2 is 2.07 bits per heavy atom. The molecule has 144 valence electrons. The highest BCUT2D eigenvalue weighted by Gasteiger charge is 2.28. The minimum atomic E-state index is -1.16. The number of carboxylic acid groups (broad SMARTS) is 1. The molecule has 0 radical (unpaired) electrons. The number of rotatable bonds is 3. The number of aryl methyl sites for hydroxylation is 2. The van der Waals surface area contributed by atoms with Gasteiger partial charge in [0, 0.05) is 33.4 Å². The number of carboxylic acids is 1. The van der Waals surface area contributed by atoms with Gasteiger partial charge in [-0.3, -0.25) is 4.79 Å². The van der Waals surface area contributed by atoms with E-state index in [9.17, 15) is 14.7 Å². The third kappa shape index (κ3) is 2.63. The first kappa shape index (κ1) is 17.6. The van der Waals surface area contributed by atoms with E-state index in [1.54, 1.807) is 17.4 Å². The van der Waals surface area contributed by atoms with Crippen LogP contribution in [0.4, 0.5) is 0 Å². The molecule has 1 unspecified atom stereocenters. The summed E-state index contributed by atoms with van der Waals surface area (Å²) < 4.78 is 2.01. The summed E-state index contributed by atoms with van der Waals surface area (Å²) in [5.41, 5.74) is 10.1. The fourth-order valence-electron chi connectivity index (χ4n) is 4.41. The Bertz CT molecular complexity index is 1190. The van der Waals surface area contributed by atoms with Crippen molar-refractivity contribution in [2.24, 2.45) is 5.73 Å². The summed E-state index contributed by atoms with van der Waals surface area (Å²) >= 11 is 1.75. The van der Waals surface area contributed by atoms with Crippen molar-refractivity contribution in [2.45, 2.75) is 51.1 Å². The molecule has 0 saturated heterocycles. The van der Waals surface area contributed by atoms with Crippen molar-refractivity contribution in [3.8, 4) is 10.4 Å². The van der Waals surface area contributed by atoms with E-state index in [1.807, 2.05) is 17.6 Å². The van der Waals surface area contributed by atoms with E-state index in [0.29, 0.717) is 5.39 Å². The van der Waals surface area contributed by atoms with Gasteiger partial charge in [-0.15, -0.1) is 11.3 Å². The Balaban J connectivity index is 1.76. The van der Waals surface area contributed by atoms with E-state index in [2.05, 4.69) is 6.07 Å². The standard InChI is InChI=1S/C22H22N2O3S/c1-11-14(18-9-12-3-2-4-17(23)21(12)28-18)7-8-15-19(11)24(13-5-6-13)10-16(20(15)25)22(26)27/h7-10,13,17H,2-6,23H2,1H3,(H,26,27). The number of nitrogens with zero attached hydrogens (tertiary/aromatic N) is 1. The van der Waals surface area contributed by atoms with Crippen molar-refractivity contribution in [1.82, 2.24) is 4.57 Å². The molecule has 1 fully saturated rings. The smallest absolute Gasteiger partial charge is 0.341 e. The second-order valence-corrected chi connectivity index (χ2v) is 9.03. The summed E-state index contributed by atoms with van der Waals surface area (Å²) in [6, 6.07) is 6.40. The Labute approximate surface area is 166 Å². The largest absolute Gasteiger partial charge is 0.477 e. The van der Waals surface area contributed by atoms with Crippen molar-refractivity contribution in [1.29, 1.82) is 0 Å². The fraction of sp³-hybridized carbons (Fsp3) is 0.364. The van der Waals surface area contributed by atoms with Gasteiger partial charge in [0.25, 0.3) is 0 Å². The van der Waals surface area contributed by atoms with Gasteiger partial charge in [0.05, 0.1) is 5.52 Å². The topological polar surface area (TPSA) is 85.3 Å². The lowest BCUT2D eigenvalue weighted by Crippen LogP contribution is -2.19. The van der Waals surface area contributed by atoms with Crippen molar-refractivity contribution in [2.75, 3.05) is 0 Å². The summed E-state index contributed by atoms with van der Waals surface area (Å²) in [5.74, 6) is -1.16. The quantitative estimate of drug-likeness (QED) is 0.689. The highest BCUT2D eigenvalue weighted by atomic mass is 32.1. The van der Waals surface area contributed by atoms with Gasteiger partial charge in [0.1, 0.15) is 5.56 Å². The molecule has 6 heteroatoms. The number of aromatic carboxylic acids is 1. The van der Waals surface area contributed by atoms with Crippen LogP contribution in [-0.4, -0.2) is 15.6 Å². The van der Waals surface area contributed by atoms with Gasteiger partial charge in [-0.25, -0.2) is 4.79 Å². The molecule has 2 aromatic heterocycles. The molecule has 1 atom stereocenters. The van der Waals surface area contributed by atoms with Crippen molar-refractivity contribution >= 4 is 28.2 Å². The van der Waals surface area contributed by atoms with Gasteiger partial charge in [-0.1, -0.05) is 6.07 Å². The lowest BCUT2D eigenvalue weighted by atomic mass is 9.94. The second kappa shape index (κ2) is 6.29. The van der Waals surface area contributed by atoms with Crippen molar-refractivity contribution in [3.05, 3.63) is 56.2 Å². The molecule has 5 rings (SSSR count). The van der Waals surface area contributed by atoms with Crippen LogP contribution in [0.2, 0.25) is 0 Å². The van der Waals surface area contributed by atoms with E-state index in [1.165, 1.54) is 21.5 Å². The summed E-state index contributed by atoms with van der Waals surface area (Å²) in [7, 11) is 0. The minimum Gasteiger partial charge on any atom is -0.477 e. The molecule has 1 saturated carbocycles. The van der Waals surface area contributed by atoms with Crippen LogP contribution in [-0.2, 0) is 6.42 Å². The Hall–Kier alpha value is -2.44. The molecule has 0 spiro atoms. The maximum atomic E-state index is 12.8. The lowest BCUT2D eigenvalue weighted by molar-refractivity contribution is 0.0695. The van der Waals surface area contributed by atoms with Crippen molar-refractivity contribution in [3.63, 3.8) is 0 Å². The highest BCUT2D eigenvalue weighted by Crippen LogP contribution is 2.43. The Morgan fingerprint density at radius 1 is 1.29 bits per heavy atom. The monoisotopic (exact) mass is 394 g/mol. The number of nitrogens with two attached hydrogens (primary N) is 1. The molecule has 3 N–H and O–H groups in total. The van der Waals surface area contributed by atoms with Crippen LogP contribution in [0.3, 0.4) is 0 Å². The molecule has 28 heavy (non-hydrogen) atoms. The molecule has 5 nitrogen and oxygen atoms in total. The number of benzene rings is 1. The normalized spacial score (nSPS) is 19.0.